The zero-order chi connectivity index (χ0) is 13.6. The lowest BCUT2D eigenvalue weighted by Gasteiger charge is -2.25. The van der Waals surface area contributed by atoms with Crippen molar-refractivity contribution < 1.29 is 19.4 Å². The number of carboxylic acid groups (broad SMARTS) is 1. The largest absolute Gasteiger partial charge is 0.481 e. The number of nitrogens with one attached hydrogen (secondary N) is 1. The van der Waals surface area contributed by atoms with Gasteiger partial charge in [-0.3, -0.25) is 9.59 Å². The smallest absolute Gasteiger partial charge is 0.303 e. The maximum absolute atomic E-state index is 11.8. The van der Waals surface area contributed by atoms with Gasteiger partial charge in [0.2, 0.25) is 5.91 Å². The molecule has 1 fully saturated rings. The molecule has 1 aliphatic rings. The summed E-state index contributed by atoms with van der Waals surface area (Å²) < 4.78 is 5.26. The van der Waals surface area contributed by atoms with Crippen molar-refractivity contribution in [2.45, 2.75) is 51.5 Å². The van der Waals surface area contributed by atoms with Crippen LogP contribution in [-0.4, -0.2) is 35.7 Å². The summed E-state index contributed by atoms with van der Waals surface area (Å²) in [6.07, 6.45) is 2.89. The summed E-state index contributed by atoms with van der Waals surface area (Å²) in [5.74, 6) is -0.337. The molecule has 0 spiro atoms. The summed E-state index contributed by atoms with van der Waals surface area (Å²) in [6, 6.07) is 0. The lowest BCUT2D eigenvalue weighted by Crippen LogP contribution is -2.43. The van der Waals surface area contributed by atoms with Gasteiger partial charge in [0.1, 0.15) is 0 Å². The van der Waals surface area contributed by atoms with Crippen molar-refractivity contribution in [2.75, 3.05) is 13.2 Å². The molecule has 2 N–H and O–H groups in total. The van der Waals surface area contributed by atoms with Crippen molar-refractivity contribution >= 4 is 11.9 Å². The van der Waals surface area contributed by atoms with E-state index in [0.717, 1.165) is 26.1 Å². The molecule has 0 radical (unpaired) electrons. The first-order chi connectivity index (χ1) is 8.39. The van der Waals surface area contributed by atoms with Crippen LogP contribution in [0.2, 0.25) is 0 Å². The van der Waals surface area contributed by atoms with Gasteiger partial charge in [-0.1, -0.05) is 0 Å². The number of carbonyl (C=O) groups is 2. The minimum absolute atomic E-state index is 0.00251. The molecule has 1 aliphatic heterocycles. The van der Waals surface area contributed by atoms with E-state index in [4.69, 9.17) is 9.84 Å². The van der Waals surface area contributed by atoms with E-state index in [1.165, 1.54) is 0 Å². The first kappa shape index (κ1) is 15.0. The van der Waals surface area contributed by atoms with Gasteiger partial charge in [0, 0.05) is 31.6 Å². The van der Waals surface area contributed by atoms with E-state index in [0.29, 0.717) is 18.8 Å². The molecule has 0 saturated carbocycles. The number of aliphatic carboxylic acids is 1. The van der Waals surface area contributed by atoms with Crippen molar-refractivity contribution in [1.29, 1.82) is 0 Å². The molecule has 1 atom stereocenters. The zero-order valence-corrected chi connectivity index (χ0v) is 11.2. The molecule has 0 aliphatic carbocycles. The normalized spacial score (nSPS) is 19.8. The predicted octanol–water partition coefficient (Wildman–Crippen LogP) is 1.56. The second-order valence-electron chi connectivity index (χ2n) is 5.59. The fourth-order valence-electron chi connectivity index (χ4n) is 2.07. The van der Waals surface area contributed by atoms with Gasteiger partial charge in [-0.05, 0) is 39.0 Å². The molecule has 5 heteroatoms. The van der Waals surface area contributed by atoms with Gasteiger partial charge < -0.3 is 15.2 Å². The quantitative estimate of drug-likeness (QED) is 0.725. The molecule has 1 unspecified atom stereocenters. The van der Waals surface area contributed by atoms with Gasteiger partial charge in [-0.15, -0.1) is 0 Å². The van der Waals surface area contributed by atoms with E-state index < -0.39 is 11.5 Å². The van der Waals surface area contributed by atoms with Crippen LogP contribution in [0.4, 0.5) is 0 Å². The Hall–Kier alpha value is -1.10. The molecule has 0 aromatic heterocycles. The average Bonchev–Trinajstić information content (AvgIpc) is 2.76. The Kier molecular flexibility index (Phi) is 5.59. The lowest BCUT2D eigenvalue weighted by molar-refractivity contribution is -0.137. The monoisotopic (exact) mass is 257 g/mol. The molecule has 1 rings (SSSR count). The number of ether oxygens (including phenoxy) is 1. The van der Waals surface area contributed by atoms with Crippen LogP contribution >= 0.6 is 0 Å². The molecule has 18 heavy (non-hydrogen) atoms. The van der Waals surface area contributed by atoms with E-state index in [1.807, 2.05) is 13.8 Å². The molecule has 1 saturated heterocycles. The third-order valence-electron chi connectivity index (χ3n) is 3.25. The molecule has 104 valence electrons. The number of carboxylic acids is 1. The number of rotatable bonds is 7. The number of hydrogen-bond donors (Lipinski definition) is 2. The van der Waals surface area contributed by atoms with Gasteiger partial charge in [-0.25, -0.2) is 0 Å². The van der Waals surface area contributed by atoms with Gasteiger partial charge in [0.05, 0.1) is 0 Å². The highest BCUT2D eigenvalue weighted by Crippen LogP contribution is 2.18. The Labute approximate surface area is 108 Å². The van der Waals surface area contributed by atoms with Crippen LogP contribution in [0.5, 0.6) is 0 Å². The number of hydrogen-bond acceptors (Lipinski definition) is 3. The molecular formula is C13H23NO4. The third kappa shape index (κ3) is 6.00. The maximum atomic E-state index is 11.8. The predicted molar refractivity (Wildman–Crippen MR) is 67.3 cm³/mol. The van der Waals surface area contributed by atoms with Crippen molar-refractivity contribution in [3.63, 3.8) is 0 Å². The molecule has 1 amide bonds. The van der Waals surface area contributed by atoms with E-state index in [1.54, 1.807) is 0 Å². The summed E-state index contributed by atoms with van der Waals surface area (Å²) in [6.45, 7) is 5.27. The van der Waals surface area contributed by atoms with Crippen LogP contribution in [0.25, 0.3) is 0 Å². The molecular weight excluding hydrogens is 234 g/mol. The minimum Gasteiger partial charge on any atom is -0.481 e. The Balaban J connectivity index is 2.22. The van der Waals surface area contributed by atoms with Crippen LogP contribution in [0, 0.1) is 5.92 Å². The summed E-state index contributed by atoms with van der Waals surface area (Å²) in [5.41, 5.74) is -0.457. The summed E-state index contributed by atoms with van der Waals surface area (Å²) in [7, 11) is 0. The van der Waals surface area contributed by atoms with Crippen molar-refractivity contribution in [3.05, 3.63) is 0 Å². The molecule has 0 aromatic rings. The molecule has 1 heterocycles. The lowest BCUT2D eigenvalue weighted by atomic mass is 9.97. The number of amides is 1. The van der Waals surface area contributed by atoms with Crippen LogP contribution < -0.4 is 5.32 Å². The topological polar surface area (TPSA) is 75.6 Å². The Morgan fingerprint density at radius 1 is 1.39 bits per heavy atom. The van der Waals surface area contributed by atoms with E-state index in [9.17, 15) is 9.59 Å². The van der Waals surface area contributed by atoms with Crippen LogP contribution in [-0.2, 0) is 14.3 Å². The molecule has 0 aromatic carbocycles. The van der Waals surface area contributed by atoms with Crippen LogP contribution in [0.15, 0.2) is 0 Å². The van der Waals surface area contributed by atoms with Gasteiger partial charge in [-0.2, -0.15) is 0 Å². The van der Waals surface area contributed by atoms with E-state index in [2.05, 4.69) is 5.32 Å². The Morgan fingerprint density at radius 3 is 2.67 bits per heavy atom. The standard InChI is InChI=1S/C13H23NO4/c1-13(2,7-5-12(16)17)14-11(15)4-3-10-6-8-18-9-10/h10H,3-9H2,1-2H3,(H,14,15)(H,16,17). The SMILES string of the molecule is CC(C)(CCC(=O)O)NC(=O)CCC1CCOC1. The van der Waals surface area contributed by atoms with Crippen molar-refractivity contribution in [1.82, 2.24) is 5.32 Å². The Morgan fingerprint density at radius 2 is 2.11 bits per heavy atom. The second-order valence-corrected chi connectivity index (χ2v) is 5.59. The van der Waals surface area contributed by atoms with Gasteiger partial charge in [0.15, 0.2) is 0 Å². The first-order valence-electron chi connectivity index (χ1n) is 6.49. The van der Waals surface area contributed by atoms with E-state index >= 15 is 0 Å². The zero-order valence-electron chi connectivity index (χ0n) is 11.2. The highest BCUT2D eigenvalue weighted by Gasteiger charge is 2.22. The van der Waals surface area contributed by atoms with Gasteiger partial charge in [0.25, 0.3) is 0 Å². The average molecular weight is 257 g/mol. The Bertz CT molecular complexity index is 295. The third-order valence-corrected chi connectivity index (χ3v) is 3.25. The summed E-state index contributed by atoms with van der Waals surface area (Å²) >= 11 is 0. The van der Waals surface area contributed by atoms with Crippen LogP contribution in [0.1, 0.15) is 46.0 Å². The maximum Gasteiger partial charge on any atom is 0.303 e. The first-order valence-corrected chi connectivity index (χ1v) is 6.49. The van der Waals surface area contributed by atoms with E-state index in [-0.39, 0.29) is 12.3 Å². The van der Waals surface area contributed by atoms with Gasteiger partial charge >= 0.3 is 5.97 Å². The highest BCUT2D eigenvalue weighted by atomic mass is 16.5. The molecule has 0 bridgehead atoms. The van der Waals surface area contributed by atoms with Crippen LogP contribution in [0.3, 0.4) is 0 Å². The summed E-state index contributed by atoms with van der Waals surface area (Å²) in [4.78, 5) is 22.3. The van der Waals surface area contributed by atoms with Crippen molar-refractivity contribution in [3.8, 4) is 0 Å². The second kappa shape index (κ2) is 6.73. The summed E-state index contributed by atoms with van der Waals surface area (Å²) in [5, 5.41) is 11.5. The number of carbonyl (C=O) groups excluding carboxylic acids is 1. The highest BCUT2D eigenvalue weighted by molar-refractivity contribution is 5.76. The minimum atomic E-state index is -0.833. The van der Waals surface area contributed by atoms with Crippen molar-refractivity contribution in [2.24, 2.45) is 5.92 Å². The fourth-order valence-corrected chi connectivity index (χ4v) is 2.07. The molecule has 5 nitrogen and oxygen atoms in total. The fraction of sp³-hybridized carbons (Fsp3) is 0.846.